The van der Waals surface area contributed by atoms with Gasteiger partial charge in [-0.05, 0) is 30.4 Å². The molecule has 0 saturated heterocycles. The number of nitrogens with zero attached hydrogens (tertiary/aromatic N) is 2. The van der Waals surface area contributed by atoms with E-state index in [2.05, 4.69) is 5.16 Å². The lowest BCUT2D eigenvalue weighted by molar-refractivity contribution is -0.133. The van der Waals surface area contributed by atoms with Crippen LogP contribution in [0.3, 0.4) is 0 Å². The predicted octanol–water partition coefficient (Wildman–Crippen LogP) is 1.02. The lowest BCUT2D eigenvalue weighted by Gasteiger charge is -2.29. The molecule has 0 spiro atoms. The molecule has 0 fully saturated rings. The van der Waals surface area contributed by atoms with Crippen molar-refractivity contribution in [1.29, 1.82) is 0 Å². The van der Waals surface area contributed by atoms with Crippen LogP contribution in [0.2, 0.25) is 0 Å². The number of carbonyl (C=O) groups is 1. The molecule has 0 aromatic carbocycles. The van der Waals surface area contributed by atoms with Gasteiger partial charge in [0.05, 0.1) is 5.92 Å². The van der Waals surface area contributed by atoms with Crippen molar-refractivity contribution in [2.75, 3.05) is 6.54 Å². The van der Waals surface area contributed by atoms with Gasteiger partial charge in [-0.1, -0.05) is 5.16 Å². The van der Waals surface area contributed by atoms with Crippen molar-refractivity contribution in [3.63, 3.8) is 0 Å². The summed E-state index contributed by atoms with van der Waals surface area (Å²) in [5.41, 5.74) is 6.66. The van der Waals surface area contributed by atoms with Crippen molar-refractivity contribution in [3.8, 4) is 0 Å². The van der Waals surface area contributed by atoms with Crippen molar-refractivity contribution < 1.29 is 10.0 Å². The molecule has 17 heavy (non-hydrogen) atoms. The van der Waals surface area contributed by atoms with Crippen LogP contribution in [0.4, 0.5) is 0 Å². The summed E-state index contributed by atoms with van der Waals surface area (Å²) in [6.07, 6.45) is 0.891. The van der Waals surface area contributed by atoms with Gasteiger partial charge in [0.1, 0.15) is 0 Å². The molecule has 0 bridgehead atoms. The standard InChI is InChI=1S/C11H15N3O2S/c1-7(10(12)13-16)11(15)14-4-2-9-8(6-14)3-5-17-9/h3,5,7,16H,2,4,6H2,1H3,(H2,12,13). The van der Waals surface area contributed by atoms with Crippen molar-refractivity contribution in [3.05, 3.63) is 21.9 Å². The normalized spacial score (nSPS) is 17.7. The maximum Gasteiger partial charge on any atom is 0.233 e. The highest BCUT2D eigenvalue weighted by Gasteiger charge is 2.27. The molecule has 1 aliphatic heterocycles. The highest BCUT2D eigenvalue weighted by Crippen LogP contribution is 2.24. The first kappa shape index (κ1) is 11.9. The van der Waals surface area contributed by atoms with Gasteiger partial charge >= 0.3 is 0 Å². The Balaban J connectivity index is 2.08. The Hall–Kier alpha value is -1.56. The van der Waals surface area contributed by atoms with Crippen molar-refractivity contribution in [2.45, 2.75) is 19.9 Å². The van der Waals surface area contributed by atoms with Gasteiger partial charge in [0, 0.05) is 18.0 Å². The first-order valence-electron chi connectivity index (χ1n) is 5.45. The molecule has 6 heteroatoms. The third kappa shape index (κ3) is 2.26. The molecule has 1 unspecified atom stereocenters. The predicted molar refractivity (Wildman–Crippen MR) is 66.0 cm³/mol. The second kappa shape index (κ2) is 4.75. The fourth-order valence-electron chi connectivity index (χ4n) is 1.92. The third-order valence-corrected chi connectivity index (χ3v) is 4.07. The Morgan fingerprint density at radius 3 is 3.18 bits per heavy atom. The number of nitrogens with two attached hydrogens (primary N) is 1. The Morgan fingerprint density at radius 1 is 1.71 bits per heavy atom. The van der Waals surface area contributed by atoms with Gasteiger partial charge in [0.2, 0.25) is 5.91 Å². The molecule has 2 heterocycles. The van der Waals surface area contributed by atoms with E-state index in [4.69, 9.17) is 10.9 Å². The van der Waals surface area contributed by atoms with Gasteiger partial charge in [0.15, 0.2) is 5.84 Å². The molecule has 1 aliphatic rings. The quantitative estimate of drug-likeness (QED) is 0.357. The smallest absolute Gasteiger partial charge is 0.233 e. The van der Waals surface area contributed by atoms with Gasteiger partial charge in [-0.2, -0.15) is 0 Å². The van der Waals surface area contributed by atoms with Crippen LogP contribution in [0.1, 0.15) is 17.4 Å². The number of amidine groups is 1. The van der Waals surface area contributed by atoms with Crippen LogP contribution in [0.5, 0.6) is 0 Å². The molecule has 3 N–H and O–H groups in total. The largest absolute Gasteiger partial charge is 0.409 e. The number of carbonyl (C=O) groups excluding carboxylic acids is 1. The fraction of sp³-hybridized carbons (Fsp3) is 0.455. The fourth-order valence-corrected chi connectivity index (χ4v) is 2.81. The lowest BCUT2D eigenvalue weighted by atomic mass is 10.1. The van der Waals surface area contributed by atoms with Crippen molar-refractivity contribution in [1.82, 2.24) is 4.90 Å². The average Bonchev–Trinajstić information content (AvgIpc) is 2.83. The van der Waals surface area contributed by atoms with Crippen LogP contribution in [0.15, 0.2) is 16.6 Å². The molecule has 0 saturated carbocycles. The Kier molecular flexibility index (Phi) is 3.33. The highest BCUT2D eigenvalue weighted by atomic mass is 32.1. The molecule has 1 aromatic rings. The topological polar surface area (TPSA) is 78.9 Å². The maximum absolute atomic E-state index is 12.1. The number of rotatable bonds is 2. The average molecular weight is 253 g/mol. The van der Waals surface area contributed by atoms with E-state index < -0.39 is 5.92 Å². The zero-order valence-electron chi connectivity index (χ0n) is 9.59. The molecule has 1 amide bonds. The summed E-state index contributed by atoms with van der Waals surface area (Å²) in [4.78, 5) is 15.2. The summed E-state index contributed by atoms with van der Waals surface area (Å²) in [6.45, 7) is 2.98. The first-order chi connectivity index (χ1) is 8.13. The summed E-state index contributed by atoms with van der Waals surface area (Å²) in [5.74, 6) is -0.691. The molecular formula is C11H15N3O2S. The molecule has 5 nitrogen and oxygen atoms in total. The van der Waals surface area contributed by atoms with E-state index in [9.17, 15) is 4.79 Å². The summed E-state index contributed by atoms with van der Waals surface area (Å²) in [6, 6.07) is 2.05. The van der Waals surface area contributed by atoms with Crippen LogP contribution in [0, 0.1) is 5.92 Å². The van der Waals surface area contributed by atoms with Crippen LogP contribution in [0.25, 0.3) is 0 Å². The zero-order valence-corrected chi connectivity index (χ0v) is 10.4. The minimum Gasteiger partial charge on any atom is -0.409 e. The number of oxime groups is 1. The lowest BCUT2D eigenvalue weighted by Crippen LogP contribution is -2.42. The number of fused-ring (bicyclic) bond motifs is 1. The maximum atomic E-state index is 12.1. The zero-order chi connectivity index (χ0) is 12.4. The second-order valence-electron chi connectivity index (χ2n) is 4.13. The van der Waals surface area contributed by atoms with E-state index in [1.54, 1.807) is 23.2 Å². The molecule has 1 atom stereocenters. The summed E-state index contributed by atoms with van der Waals surface area (Å²) in [5, 5.41) is 13.5. The van der Waals surface area contributed by atoms with E-state index in [1.807, 2.05) is 11.4 Å². The highest BCUT2D eigenvalue weighted by molar-refractivity contribution is 7.10. The molecule has 0 aliphatic carbocycles. The molecule has 1 aromatic heterocycles. The minimum atomic E-state index is -0.569. The minimum absolute atomic E-state index is 0.0360. The third-order valence-electron chi connectivity index (χ3n) is 3.05. The van der Waals surface area contributed by atoms with Crippen LogP contribution < -0.4 is 5.73 Å². The summed E-state index contributed by atoms with van der Waals surface area (Å²) < 4.78 is 0. The number of hydrogen-bond donors (Lipinski definition) is 2. The Morgan fingerprint density at radius 2 is 2.47 bits per heavy atom. The molecule has 0 radical (unpaired) electrons. The number of thiophene rings is 1. The van der Waals surface area contributed by atoms with E-state index in [1.165, 1.54) is 10.4 Å². The van der Waals surface area contributed by atoms with Crippen molar-refractivity contribution in [2.24, 2.45) is 16.8 Å². The Labute approximate surface area is 104 Å². The molecule has 2 rings (SSSR count). The Bertz CT molecular complexity index is 455. The van der Waals surface area contributed by atoms with E-state index in [0.717, 1.165) is 6.42 Å². The monoisotopic (exact) mass is 253 g/mol. The van der Waals surface area contributed by atoms with Gasteiger partial charge < -0.3 is 15.8 Å². The van der Waals surface area contributed by atoms with Crippen molar-refractivity contribution >= 4 is 23.1 Å². The first-order valence-corrected chi connectivity index (χ1v) is 6.33. The number of hydrogen-bond acceptors (Lipinski definition) is 4. The van der Waals surface area contributed by atoms with Gasteiger partial charge in [-0.15, -0.1) is 11.3 Å². The van der Waals surface area contributed by atoms with Gasteiger partial charge in [0.25, 0.3) is 0 Å². The molecule has 92 valence electrons. The molecular weight excluding hydrogens is 238 g/mol. The second-order valence-corrected chi connectivity index (χ2v) is 5.13. The van der Waals surface area contributed by atoms with Crippen LogP contribution in [-0.2, 0) is 17.8 Å². The van der Waals surface area contributed by atoms with Gasteiger partial charge in [-0.25, -0.2) is 0 Å². The SMILES string of the molecule is CC(C(=O)N1CCc2sccc2C1)C(N)=NO. The van der Waals surface area contributed by atoms with Crippen LogP contribution >= 0.6 is 11.3 Å². The van der Waals surface area contributed by atoms with E-state index in [-0.39, 0.29) is 11.7 Å². The van der Waals surface area contributed by atoms with Gasteiger partial charge in [-0.3, -0.25) is 4.79 Å². The summed E-state index contributed by atoms with van der Waals surface area (Å²) >= 11 is 1.73. The van der Waals surface area contributed by atoms with E-state index >= 15 is 0 Å². The van der Waals surface area contributed by atoms with E-state index in [0.29, 0.717) is 13.1 Å². The summed E-state index contributed by atoms with van der Waals surface area (Å²) in [7, 11) is 0. The number of amides is 1. The van der Waals surface area contributed by atoms with Crippen LogP contribution in [-0.4, -0.2) is 28.4 Å².